The highest BCUT2D eigenvalue weighted by Gasteiger charge is 2.15. The Morgan fingerprint density at radius 3 is 2.62 bits per heavy atom. The number of benzene rings is 1. The van der Waals surface area contributed by atoms with Crippen LogP contribution in [0.25, 0.3) is 11.3 Å². The van der Waals surface area contributed by atoms with Gasteiger partial charge in [-0.3, -0.25) is 4.72 Å². The second kappa shape index (κ2) is 5.54. The number of nitrogens with one attached hydrogen (secondary N) is 2. The van der Waals surface area contributed by atoms with E-state index < -0.39 is 27.3 Å². The van der Waals surface area contributed by atoms with Gasteiger partial charge in [0.15, 0.2) is 0 Å². The van der Waals surface area contributed by atoms with Crippen LogP contribution in [0.2, 0.25) is 0 Å². The average Bonchev–Trinajstić information content (AvgIpc) is 2.80. The molecule has 2 rings (SSSR count). The van der Waals surface area contributed by atoms with E-state index in [2.05, 4.69) is 4.98 Å². The fraction of sp³-hybridized carbons (Fsp3) is 0.154. The molecule has 8 heteroatoms. The average molecular weight is 311 g/mol. The van der Waals surface area contributed by atoms with Crippen LogP contribution < -0.4 is 4.72 Å². The van der Waals surface area contributed by atoms with E-state index in [1.165, 1.54) is 6.07 Å². The molecule has 0 saturated carbocycles. The van der Waals surface area contributed by atoms with E-state index >= 15 is 0 Å². The largest absolute Gasteiger partial charge is 0.357 e. The zero-order valence-corrected chi connectivity index (χ0v) is 11.8. The van der Waals surface area contributed by atoms with E-state index in [0.29, 0.717) is 11.4 Å². The van der Waals surface area contributed by atoms with Gasteiger partial charge in [0.1, 0.15) is 11.6 Å². The minimum atomic E-state index is -3.70. The van der Waals surface area contributed by atoms with Gasteiger partial charge in [0, 0.05) is 23.0 Å². The first-order chi connectivity index (χ1) is 9.80. The Kier molecular flexibility index (Phi) is 3.95. The molecule has 0 bridgehead atoms. The molecule has 0 aliphatic heterocycles. The number of aromatic nitrogens is 1. The molecule has 0 amide bonds. The van der Waals surface area contributed by atoms with E-state index in [-0.39, 0.29) is 12.0 Å². The molecule has 2 aromatic rings. The molecule has 0 saturated heterocycles. The molecule has 0 fully saturated rings. The van der Waals surface area contributed by atoms with Crippen LogP contribution in [0.4, 0.5) is 14.5 Å². The monoisotopic (exact) mass is 311 g/mol. The van der Waals surface area contributed by atoms with Crippen LogP contribution in [0.15, 0.2) is 24.3 Å². The maximum absolute atomic E-state index is 14.0. The van der Waals surface area contributed by atoms with Crippen LogP contribution in [0.5, 0.6) is 0 Å². The molecule has 0 spiro atoms. The molecular formula is C13H11F2N3O2S. The first-order valence-corrected chi connectivity index (χ1v) is 7.71. The topological polar surface area (TPSA) is 85.8 Å². The van der Waals surface area contributed by atoms with E-state index in [0.717, 1.165) is 18.4 Å². The van der Waals surface area contributed by atoms with Crippen molar-refractivity contribution < 1.29 is 17.2 Å². The van der Waals surface area contributed by atoms with E-state index in [4.69, 9.17) is 5.26 Å². The Morgan fingerprint density at radius 2 is 2.00 bits per heavy atom. The normalized spacial score (nSPS) is 11.1. The Morgan fingerprint density at radius 1 is 1.29 bits per heavy atom. The van der Waals surface area contributed by atoms with Crippen molar-refractivity contribution in [1.29, 1.82) is 5.26 Å². The quantitative estimate of drug-likeness (QED) is 0.909. The van der Waals surface area contributed by atoms with Gasteiger partial charge in [-0.2, -0.15) is 5.26 Å². The molecule has 0 atom stereocenters. The number of H-pyrrole nitrogens is 1. The predicted octanol–water partition coefficient (Wildman–Crippen LogP) is 2.40. The summed E-state index contributed by atoms with van der Waals surface area (Å²) < 4.78 is 51.9. The lowest BCUT2D eigenvalue weighted by atomic mass is 10.1. The van der Waals surface area contributed by atoms with Crippen molar-refractivity contribution >= 4 is 15.7 Å². The first-order valence-electron chi connectivity index (χ1n) is 5.82. The van der Waals surface area contributed by atoms with E-state index in [1.807, 2.05) is 10.8 Å². The highest BCUT2D eigenvalue weighted by molar-refractivity contribution is 7.92. The standard InChI is InChI=1S/C13H11F2N3O2S/c1-21(19,20)18-13-7-10(14)9(6-11(13)15)12-3-2-8(17-12)4-5-16/h2-3,6-7,17-18H,4H2,1H3. The smallest absolute Gasteiger partial charge is 0.229 e. The molecule has 1 aromatic carbocycles. The molecular weight excluding hydrogens is 300 g/mol. The van der Waals surface area contributed by atoms with Crippen LogP contribution in [-0.2, 0) is 16.4 Å². The minimum absolute atomic E-state index is 0.0456. The zero-order valence-electron chi connectivity index (χ0n) is 10.9. The Labute approximate surface area is 120 Å². The van der Waals surface area contributed by atoms with Crippen LogP contribution in [-0.4, -0.2) is 19.7 Å². The van der Waals surface area contributed by atoms with Gasteiger partial charge in [-0.15, -0.1) is 0 Å². The fourth-order valence-electron chi connectivity index (χ4n) is 1.82. The number of sulfonamides is 1. The summed E-state index contributed by atoms with van der Waals surface area (Å²) in [5.41, 5.74) is 0.381. The fourth-order valence-corrected chi connectivity index (χ4v) is 2.37. The number of hydrogen-bond donors (Lipinski definition) is 2. The molecule has 21 heavy (non-hydrogen) atoms. The molecule has 0 radical (unpaired) electrons. The van der Waals surface area contributed by atoms with Crippen LogP contribution in [0, 0.1) is 23.0 Å². The van der Waals surface area contributed by atoms with Crippen molar-refractivity contribution in [3.05, 3.63) is 41.6 Å². The van der Waals surface area contributed by atoms with Crippen molar-refractivity contribution in [3.63, 3.8) is 0 Å². The summed E-state index contributed by atoms with van der Waals surface area (Å²) in [5.74, 6) is -1.68. The summed E-state index contributed by atoms with van der Waals surface area (Å²) >= 11 is 0. The number of anilines is 1. The van der Waals surface area contributed by atoms with Gasteiger partial charge in [0.25, 0.3) is 0 Å². The summed E-state index contributed by atoms with van der Waals surface area (Å²) in [6, 6.07) is 6.72. The van der Waals surface area contributed by atoms with E-state index in [1.54, 1.807) is 6.07 Å². The molecule has 2 N–H and O–H groups in total. The van der Waals surface area contributed by atoms with Crippen molar-refractivity contribution in [2.24, 2.45) is 0 Å². The maximum atomic E-state index is 14.0. The highest BCUT2D eigenvalue weighted by atomic mass is 32.2. The first kappa shape index (κ1) is 15.0. The SMILES string of the molecule is CS(=O)(=O)Nc1cc(F)c(-c2ccc(CC#N)[nH]2)cc1F. The van der Waals surface area contributed by atoms with Crippen LogP contribution in [0.1, 0.15) is 5.69 Å². The molecule has 0 unspecified atom stereocenters. The number of nitriles is 1. The lowest BCUT2D eigenvalue weighted by molar-refractivity contribution is 0.598. The molecule has 0 aliphatic carbocycles. The van der Waals surface area contributed by atoms with Gasteiger partial charge < -0.3 is 4.98 Å². The lowest BCUT2D eigenvalue weighted by Gasteiger charge is -2.08. The lowest BCUT2D eigenvalue weighted by Crippen LogP contribution is -2.11. The Bertz CT molecular complexity index is 822. The molecule has 5 nitrogen and oxygen atoms in total. The molecule has 1 aromatic heterocycles. The van der Waals surface area contributed by atoms with Gasteiger partial charge in [-0.05, 0) is 18.2 Å². The van der Waals surface area contributed by atoms with Gasteiger partial charge in [-0.1, -0.05) is 0 Å². The third kappa shape index (κ3) is 3.58. The van der Waals surface area contributed by atoms with Gasteiger partial charge >= 0.3 is 0 Å². The van der Waals surface area contributed by atoms with Crippen molar-refractivity contribution in [2.75, 3.05) is 11.0 Å². The molecule has 0 aliphatic rings. The van der Waals surface area contributed by atoms with Crippen LogP contribution in [0.3, 0.4) is 0 Å². The molecule has 1 heterocycles. The van der Waals surface area contributed by atoms with Gasteiger partial charge in [-0.25, -0.2) is 17.2 Å². The second-order valence-corrected chi connectivity index (χ2v) is 6.17. The van der Waals surface area contributed by atoms with Gasteiger partial charge in [0.2, 0.25) is 10.0 Å². The zero-order chi connectivity index (χ0) is 15.6. The predicted molar refractivity (Wildman–Crippen MR) is 73.9 cm³/mol. The summed E-state index contributed by atoms with van der Waals surface area (Å²) in [4.78, 5) is 2.80. The van der Waals surface area contributed by atoms with Gasteiger partial charge in [0.05, 0.1) is 24.4 Å². The summed E-state index contributed by atoms with van der Waals surface area (Å²) in [7, 11) is -3.70. The summed E-state index contributed by atoms with van der Waals surface area (Å²) in [5, 5.41) is 8.57. The second-order valence-electron chi connectivity index (χ2n) is 4.42. The summed E-state index contributed by atoms with van der Waals surface area (Å²) in [6.45, 7) is 0. The van der Waals surface area contributed by atoms with Crippen molar-refractivity contribution in [3.8, 4) is 17.3 Å². The van der Waals surface area contributed by atoms with Crippen molar-refractivity contribution in [2.45, 2.75) is 6.42 Å². The van der Waals surface area contributed by atoms with Crippen LogP contribution >= 0.6 is 0 Å². The van der Waals surface area contributed by atoms with E-state index in [9.17, 15) is 17.2 Å². The number of rotatable bonds is 4. The minimum Gasteiger partial charge on any atom is -0.357 e. The third-order valence-corrected chi connectivity index (χ3v) is 3.25. The molecule has 110 valence electrons. The number of aromatic amines is 1. The van der Waals surface area contributed by atoms with Crippen molar-refractivity contribution in [1.82, 2.24) is 4.98 Å². The Balaban J connectivity index is 2.42. The third-order valence-electron chi connectivity index (χ3n) is 2.66. The highest BCUT2D eigenvalue weighted by Crippen LogP contribution is 2.28. The number of nitrogens with zero attached hydrogens (tertiary/aromatic N) is 1. The number of halogens is 2. The maximum Gasteiger partial charge on any atom is 0.229 e. The summed E-state index contributed by atoms with van der Waals surface area (Å²) in [6.07, 6.45) is 0.967. The Hall–Kier alpha value is -2.40. The number of hydrogen-bond acceptors (Lipinski definition) is 3.